The first-order valence-electron chi connectivity index (χ1n) is 8.36. The second kappa shape index (κ2) is 6.64. The van der Waals surface area contributed by atoms with Crippen molar-refractivity contribution in [3.05, 3.63) is 71.4 Å². The van der Waals surface area contributed by atoms with Gasteiger partial charge in [0.15, 0.2) is 0 Å². The zero-order chi connectivity index (χ0) is 19.8. The van der Waals surface area contributed by atoms with Crippen molar-refractivity contribution in [1.82, 2.24) is 25.8 Å². The number of aromatic amines is 1. The Bertz CT molecular complexity index is 1060. The topological polar surface area (TPSA) is 104 Å². The first kappa shape index (κ1) is 18.0. The van der Waals surface area contributed by atoms with Crippen LogP contribution in [0.25, 0.3) is 10.9 Å². The van der Waals surface area contributed by atoms with Crippen molar-refractivity contribution < 1.29 is 13.2 Å². The van der Waals surface area contributed by atoms with Crippen molar-refractivity contribution in [1.29, 1.82) is 0 Å². The van der Waals surface area contributed by atoms with Gasteiger partial charge in [-0.25, -0.2) is 4.99 Å². The SMILES string of the molecule is NC1(c2ccc3cn[nH]c3c2)N=CC(C(F)(F)F)=C(NCc2ccccn2)N1. The van der Waals surface area contributed by atoms with Crippen LogP contribution in [0.5, 0.6) is 0 Å². The molecule has 2 aromatic heterocycles. The Labute approximate surface area is 157 Å². The molecule has 5 N–H and O–H groups in total. The van der Waals surface area contributed by atoms with E-state index in [1.54, 1.807) is 48.8 Å². The zero-order valence-electron chi connectivity index (χ0n) is 14.5. The summed E-state index contributed by atoms with van der Waals surface area (Å²) in [6.45, 7) is 0.0895. The number of aromatic nitrogens is 3. The molecule has 28 heavy (non-hydrogen) atoms. The highest BCUT2D eigenvalue weighted by molar-refractivity contribution is 5.83. The van der Waals surface area contributed by atoms with Crippen LogP contribution < -0.4 is 16.4 Å². The summed E-state index contributed by atoms with van der Waals surface area (Å²) in [7, 11) is 0. The second-order valence-corrected chi connectivity index (χ2v) is 6.28. The fourth-order valence-corrected chi connectivity index (χ4v) is 2.88. The fourth-order valence-electron chi connectivity index (χ4n) is 2.88. The third kappa shape index (κ3) is 3.41. The molecule has 1 aliphatic heterocycles. The van der Waals surface area contributed by atoms with E-state index < -0.39 is 17.5 Å². The van der Waals surface area contributed by atoms with Crippen molar-refractivity contribution in [2.75, 3.05) is 0 Å². The maximum Gasteiger partial charge on any atom is 0.421 e. The standard InChI is InChI=1S/C18H16F3N7/c19-17(20,21)14-10-25-18(22,12-5-4-11-8-26-28-15(11)7-12)27-16(14)24-9-13-3-1-2-6-23-13/h1-8,10,24,27H,9,22H2,(H,26,28). The second-order valence-electron chi connectivity index (χ2n) is 6.28. The van der Waals surface area contributed by atoms with Crippen LogP contribution in [0.15, 0.2) is 65.2 Å². The summed E-state index contributed by atoms with van der Waals surface area (Å²) in [5.41, 5.74) is 7.14. The van der Waals surface area contributed by atoms with Gasteiger partial charge in [-0.3, -0.25) is 15.8 Å². The molecule has 0 aliphatic carbocycles. The lowest BCUT2D eigenvalue weighted by Crippen LogP contribution is -2.54. The molecular formula is C18H16F3N7. The number of hydrogen-bond acceptors (Lipinski definition) is 6. The molecule has 144 valence electrons. The van der Waals surface area contributed by atoms with Crippen LogP contribution in [0.4, 0.5) is 13.2 Å². The minimum Gasteiger partial charge on any atom is -0.366 e. The van der Waals surface area contributed by atoms with Crippen molar-refractivity contribution in [2.45, 2.75) is 18.5 Å². The lowest BCUT2D eigenvalue weighted by Gasteiger charge is -2.34. The predicted octanol–water partition coefficient (Wildman–Crippen LogP) is 2.26. The Balaban J connectivity index is 1.66. The summed E-state index contributed by atoms with van der Waals surface area (Å²) in [6, 6.07) is 10.3. The van der Waals surface area contributed by atoms with Crippen LogP contribution >= 0.6 is 0 Å². The van der Waals surface area contributed by atoms with Crippen molar-refractivity contribution in [3.63, 3.8) is 0 Å². The number of alkyl halides is 3. The average molecular weight is 387 g/mol. The lowest BCUT2D eigenvalue weighted by atomic mass is 10.0. The third-order valence-corrected chi connectivity index (χ3v) is 4.34. The highest BCUT2D eigenvalue weighted by atomic mass is 19.4. The zero-order valence-corrected chi connectivity index (χ0v) is 14.5. The molecular weight excluding hydrogens is 371 g/mol. The van der Waals surface area contributed by atoms with Gasteiger partial charge < -0.3 is 10.6 Å². The van der Waals surface area contributed by atoms with E-state index in [9.17, 15) is 13.2 Å². The number of H-pyrrole nitrogens is 1. The summed E-state index contributed by atoms with van der Waals surface area (Å²) in [6.07, 6.45) is -0.647. The van der Waals surface area contributed by atoms with E-state index in [1.807, 2.05) is 0 Å². The molecule has 3 heterocycles. The largest absolute Gasteiger partial charge is 0.421 e. The molecule has 0 bridgehead atoms. The number of hydrogen-bond donors (Lipinski definition) is 4. The number of nitrogens with two attached hydrogens (primary N) is 1. The first-order valence-corrected chi connectivity index (χ1v) is 8.36. The summed E-state index contributed by atoms with van der Waals surface area (Å²) in [4.78, 5) is 8.05. The quantitative estimate of drug-likeness (QED) is 0.550. The van der Waals surface area contributed by atoms with Crippen LogP contribution in [0, 0.1) is 0 Å². The number of allylic oxidation sites excluding steroid dienone is 1. The number of benzene rings is 1. The highest BCUT2D eigenvalue weighted by Gasteiger charge is 2.41. The van der Waals surface area contributed by atoms with E-state index in [1.165, 1.54) is 0 Å². The average Bonchev–Trinajstić information content (AvgIpc) is 3.14. The molecule has 0 saturated carbocycles. The maximum atomic E-state index is 13.4. The number of aliphatic imine (C=N–C) groups is 1. The molecule has 7 nitrogen and oxygen atoms in total. The van der Waals surface area contributed by atoms with Crippen LogP contribution in [0.1, 0.15) is 11.3 Å². The first-order chi connectivity index (χ1) is 13.4. The van der Waals surface area contributed by atoms with E-state index in [0.29, 0.717) is 16.8 Å². The van der Waals surface area contributed by atoms with Gasteiger partial charge in [0.05, 0.1) is 24.0 Å². The van der Waals surface area contributed by atoms with E-state index in [0.717, 1.165) is 11.6 Å². The fraction of sp³-hybridized carbons (Fsp3) is 0.167. The normalized spacial score (nSPS) is 19.7. The van der Waals surface area contributed by atoms with Crippen LogP contribution in [-0.2, 0) is 12.3 Å². The Morgan fingerprint density at radius 2 is 2.04 bits per heavy atom. The summed E-state index contributed by atoms with van der Waals surface area (Å²) >= 11 is 0. The van der Waals surface area contributed by atoms with Gasteiger partial charge in [0.2, 0.25) is 5.79 Å². The number of halogens is 3. The molecule has 0 spiro atoms. The molecule has 1 aromatic carbocycles. The molecule has 0 saturated heterocycles. The van der Waals surface area contributed by atoms with Gasteiger partial charge in [-0.05, 0) is 18.2 Å². The Morgan fingerprint density at radius 3 is 2.79 bits per heavy atom. The smallest absolute Gasteiger partial charge is 0.366 e. The Hall–Kier alpha value is -3.40. The van der Waals surface area contributed by atoms with Gasteiger partial charge in [0.25, 0.3) is 0 Å². The molecule has 4 rings (SSSR count). The predicted molar refractivity (Wildman–Crippen MR) is 97.7 cm³/mol. The Kier molecular flexibility index (Phi) is 4.27. The van der Waals surface area contributed by atoms with E-state index in [2.05, 4.69) is 30.8 Å². The maximum absolute atomic E-state index is 13.4. The molecule has 0 radical (unpaired) electrons. The third-order valence-electron chi connectivity index (χ3n) is 4.34. The molecule has 0 amide bonds. The highest BCUT2D eigenvalue weighted by Crippen LogP contribution is 2.31. The minimum absolute atomic E-state index is 0.0895. The van der Waals surface area contributed by atoms with Crippen molar-refractivity contribution in [3.8, 4) is 0 Å². The number of nitrogens with one attached hydrogen (secondary N) is 3. The van der Waals surface area contributed by atoms with Crippen LogP contribution in [-0.4, -0.2) is 27.6 Å². The monoisotopic (exact) mass is 387 g/mol. The molecule has 1 aliphatic rings. The van der Waals surface area contributed by atoms with Crippen molar-refractivity contribution >= 4 is 17.1 Å². The van der Waals surface area contributed by atoms with Gasteiger partial charge in [0.1, 0.15) is 11.4 Å². The van der Waals surface area contributed by atoms with Gasteiger partial charge in [0, 0.05) is 23.4 Å². The van der Waals surface area contributed by atoms with E-state index in [-0.39, 0.29) is 12.4 Å². The molecule has 1 unspecified atom stereocenters. The number of nitrogens with zero attached hydrogens (tertiary/aromatic N) is 3. The number of fused-ring (bicyclic) bond motifs is 1. The molecule has 0 fully saturated rings. The lowest BCUT2D eigenvalue weighted by molar-refractivity contribution is -0.0876. The van der Waals surface area contributed by atoms with Gasteiger partial charge in [-0.15, -0.1) is 0 Å². The summed E-state index contributed by atoms with van der Waals surface area (Å²) in [5, 5.41) is 13.0. The number of pyridine rings is 1. The van der Waals surface area contributed by atoms with Gasteiger partial charge >= 0.3 is 6.18 Å². The van der Waals surface area contributed by atoms with E-state index >= 15 is 0 Å². The van der Waals surface area contributed by atoms with E-state index in [4.69, 9.17) is 5.73 Å². The van der Waals surface area contributed by atoms with Crippen LogP contribution in [0.2, 0.25) is 0 Å². The summed E-state index contributed by atoms with van der Waals surface area (Å²) in [5.74, 6) is -1.83. The molecule has 3 aromatic rings. The van der Waals surface area contributed by atoms with Gasteiger partial charge in [-0.1, -0.05) is 18.2 Å². The molecule has 1 atom stereocenters. The van der Waals surface area contributed by atoms with Crippen molar-refractivity contribution in [2.24, 2.45) is 10.7 Å². The molecule has 10 heteroatoms. The Morgan fingerprint density at radius 1 is 1.18 bits per heavy atom. The summed E-state index contributed by atoms with van der Waals surface area (Å²) < 4.78 is 40.3. The van der Waals surface area contributed by atoms with Crippen LogP contribution in [0.3, 0.4) is 0 Å². The number of rotatable bonds is 4. The minimum atomic E-state index is -4.60. The van der Waals surface area contributed by atoms with Gasteiger partial charge in [-0.2, -0.15) is 18.3 Å².